The number of hydrogen-bond donors (Lipinski definition) is 1. The van der Waals surface area contributed by atoms with Crippen molar-refractivity contribution in [1.82, 2.24) is 15.1 Å². The highest BCUT2D eigenvalue weighted by Crippen LogP contribution is 2.34. The summed E-state index contributed by atoms with van der Waals surface area (Å²) in [6, 6.07) is 2.68. The lowest BCUT2D eigenvalue weighted by Gasteiger charge is -2.30. The highest BCUT2D eigenvalue weighted by molar-refractivity contribution is 5.09. The van der Waals surface area contributed by atoms with Crippen LogP contribution < -0.4 is 5.32 Å². The maximum absolute atomic E-state index is 4.45. The largest absolute Gasteiger partial charge is 0.311 e. The van der Waals surface area contributed by atoms with Crippen molar-refractivity contribution in [3.8, 4) is 0 Å². The van der Waals surface area contributed by atoms with E-state index in [1.807, 2.05) is 6.20 Å². The highest BCUT2D eigenvalue weighted by atomic mass is 15.3. The summed E-state index contributed by atoms with van der Waals surface area (Å²) in [7, 11) is 2.09. The van der Waals surface area contributed by atoms with Gasteiger partial charge in [-0.3, -0.25) is 4.68 Å². The van der Waals surface area contributed by atoms with Crippen LogP contribution in [-0.2, 0) is 6.54 Å². The zero-order valence-electron chi connectivity index (χ0n) is 11.2. The quantitative estimate of drug-likeness (QED) is 0.849. The summed E-state index contributed by atoms with van der Waals surface area (Å²) in [5, 5.41) is 7.96. The van der Waals surface area contributed by atoms with E-state index in [-0.39, 0.29) is 0 Å². The first kappa shape index (κ1) is 12.6. The molecule has 17 heavy (non-hydrogen) atoms. The summed E-state index contributed by atoms with van der Waals surface area (Å²) in [4.78, 5) is 0. The second kappa shape index (κ2) is 6.20. The van der Waals surface area contributed by atoms with E-state index in [1.165, 1.54) is 37.8 Å². The average Bonchev–Trinajstić information content (AvgIpc) is 2.81. The first-order valence-corrected chi connectivity index (χ1v) is 7.05. The minimum Gasteiger partial charge on any atom is -0.311 e. The van der Waals surface area contributed by atoms with Crippen molar-refractivity contribution in [2.24, 2.45) is 5.92 Å². The molecule has 0 radical (unpaired) electrons. The molecule has 1 aliphatic carbocycles. The van der Waals surface area contributed by atoms with Crippen LogP contribution in [0.25, 0.3) is 0 Å². The second-order valence-corrected chi connectivity index (χ2v) is 5.14. The Kier molecular flexibility index (Phi) is 4.60. The lowest BCUT2D eigenvalue weighted by Crippen LogP contribution is -2.29. The van der Waals surface area contributed by atoms with E-state index in [0.717, 1.165) is 18.9 Å². The Morgan fingerprint density at radius 3 is 2.82 bits per heavy atom. The number of aryl methyl sites for hydroxylation is 1. The van der Waals surface area contributed by atoms with E-state index in [9.17, 15) is 0 Å². The summed E-state index contributed by atoms with van der Waals surface area (Å²) in [5.41, 5.74) is 1.38. The minimum absolute atomic E-state index is 0.490. The fourth-order valence-electron chi connectivity index (χ4n) is 3.10. The van der Waals surface area contributed by atoms with Crippen LogP contribution in [0.3, 0.4) is 0 Å². The van der Waals surface area contributed by atoms with Gasteiger partial charge >= 0.3 is 0 Å². The van der Waals surface area contributed by atoms with Gasteiger partial charge in [-0.25, -0.2) is 0 Å². The molecule has 1 aromatic heterocycles. The third-order valence-corrected chi connectivity index (χ3v) is 3.94. The van der Waals surface area contributed by atoms with Crippen molar-refractivity contribution in [3.05, 3.63) is 18.0 Å². The summed E-state index contributed by atoms with van der Waals surface area (Å²) in [6.45, 7) is 3.24. The number of rotatable bonds is 5. The van der Waals surface area contributed by atoms with Crippen LogP contribution in [0.1, 0.15) is 57.2 Å². The molecule has 3 nitrogen and oxygen atoms in total. The number of nitrogens with one attached hydrogen (secondary N) is 1. The Hall–Kier alpha value is -0.830. The van der Waals surface area contributed by atoms with Crippen LogP contribution in [0, 0.1) is 5.92 Å². The molecule has 0 amide bonds. The molecule has 0 aromatic carbocycles. The summed E-state index contributed by atoms with van der Waals surface area (Å²) in [5.74, 6) is 0.793. The zero-order chi connectivity index (χ0) is 12.1. The van der Waals surface area contributed by atoms with Crippen LogP contribution in [0.15, 0.2) is 12.3 Å². The number of nitrogens with zero attached hydrogens (tertiary/aromatic N) is 2. The smallest absolute Gasteiger partial charge is 0.0556 e. The lowest BCUT2D eigenvalue weighted by molar-refractivity contribution is 0.270. The molecule has 0 aliphatic heterocycles. The molecule has 0 bridgehead atoms. The van der Waals surface area contributed by atoms with Gasteiger partial charge in [-0.05, 0) is 38.3 Å². The Labute approximate surface area is 105 Å². The molecule has 0 spiro atoms. The topological polar surface area (TPSA) is 29.9 Å². The normalized spacial score (nSPS) is 19.4. The number of hydrogen-bond acceptors (Lipinski definition) is 2. The van der Waals surface area contributed by atoms with Gasteiger partial charge in [-0.15, -0.1) is 0 Å². The van der Waals surface area contributed by atoms with Gasteiger partial charge in [0.1, 0.15) is 0 Å². The lowest BCUT2D eigenvalue weighted by atomic mass is 9.82. The predicted octanol–water partition coefficient (Wildman–Crippen LogP) is 3.13. The third kappa shape index (κ3) is 2.89. The second-order valence-electron chi connectivity index (χ2n) is 5.14. The molecular formula is C14H25N3. The van der Waals surface area contributed by atoms with E-state index in [1.54, 1.807) is 0 Å². The molecule has 3 heteroatoms. The van der Waals surface area contributed by atoms with Gasteiger partial charge in [0.05, 0.1) is 11.7 Å². The summed E-state index contributed by atoms with van der Waals surface area (Å²) >= 11 is 0. The molecule has 0 saturated heterocycles. The molecule has 1 saturated carbocycles. The molecule has 1 heterocycles. The maximum atomic E-state index is 4.45. The van der Waals surface area contributed by atoms with Crippen LogP contribution in [0.5, 0.6) is 0 Å². The SMILES string of the molecule is CCCn1nccc1C(NC)C1CCCCC1. The van der Waals surface area contributed by atoms with Crippen LogP contribution in [-0.4, -0.2) is 16.8 Å². The Bertz CT molecular complexity index is 326. The molecule has 2 rings (SSSR count). The van der Waals surface area contributed by atoms with Gasteiger partial charge in [0, 0.05) is 12.7 Å². The fraction of sp³-hybridized carbons (Fsp3) is 0.786. The van der Waals surface area contributed by atoms with E-state index < -0.39 is 0 Å². The Morgan fingerprint density at radius 1 is 1.41 bits per heavy atom. The maximum Gasteiger partial charge on any atom is 0.0556 e. The third-order valence-electron chi connectivity index (χ3n) is 3.94. The van der Waals surface area contributed by atoms with Crippen molar-refractivity contribution >= 4 is 0 Å². The van der Waals surface area contributed by atoms with Gasteiger partial charge in [0.25, 0.3) is 0 Å². The van der Waals surface area contributed by atoms with Gasteiger partial charge in [0.15, 0.2) is 0 Å². The van der Waals surface area contributed by atoms with Crippen LogP contribution >= 0.6 is 0 Å². The van der Waals surface area contributed by atoms with Gasteiger partial charge in [-0.1, -0.05) is 26.2 Å². The monoisotopic (exact) mass is 235 g/mol. The highest BCUT2D eigenvalue weighted by Gasteiger charge is 2.25. The minimum atomic E-state index is 0.490. The average molecular weight is 235 g/mol. The molecular weight excluding hydrogens is 210 g/mol. The molecule has 1 N–H and O–H groups in total. The molecule has 1 atom stereocenters. The van der Waals surface area contributed by atoms with Crippen LogP contribution in [0.2, 0.25) is 0 Å². The zero-order valence-corrected chi connectivity index (χ0v) is 11.2. The van der Waals surface area contributed by atoms with Crippen molar-refractivity contribution < 1.29 is 0 Å². The van der Waals surface area contributed by atoms with E-state index in [4.69, 9.17) is 0 Å². The molecule has 1 unspecified atom stereocenters. The molecule has 96 valence electrons. The van der Waals surface area contributed by atoms with Crippen LogP contribution in [0.4, 0.5) is 0 Å². The molecule has 1 fully saturated rings. The molecule has 1 aromatic rings. The number of aromatic nitrogens is 2. The fourth-order valence-corrected chi connectivity index (χ4v) is 3.10. The van der Waals surface area contributed by atoms with Crippen molar-refractivity contribution in [1.29, 1.82) is 0 Å². The van der Waals surface area contributed by atoms with Crippen molar-refractivity contribution in [3.63, 3.8) is 0 Å². The first-order chi connectivity index (χ1) is 8.36. The predicted molar refractivity (Wildman–Crippen MR) is 70.9 cm³/mol. The van der Waals surface area contributed by atoms with E-state index in [2.05, 4.69) is 35.1 Å². The molecule has 1 aliphatic rings. The van der Waals surface area contributed by atoms with Gasteiger partial charge in [0.2, 0.25) is 0 Å². The van der Waals surface area contributed by atoms with Crippen molar-refractivity contribution in [2.45, 2.75) is 58.0 Å². The van der Waals surface area contributed by atoms with Gasteiger partial charge < -0.3 is 5.32 Å². The van der Waals surface area contributed by atoms with E-state index >= 15 is 0 Å². The Balaban J connectivity index is 2.12. The van der Waals surface area contributed by atoms with E-state index in [0.29, 0.717) is 6.04 Å². The first-order valence-electron chi connectivity index (χ1n) is 7.05. The summed E-state index contributed by atoms with van der Waals surface area (Å²) < 4.78 is 2.18. The van der Waals surface area contributed by atoms with Crippen molar-refractivity contribution in [2.75, 3.05) is 7.05 Å². The summed E-state index contributed by atoms with van der Waals surface area (Å²) in [6.07, 6.45) is 10.0. The Morgan fingerprint density at radius 2 is 2.18 bits per heavy atom. The van der Waals surface area contributed by atoms with Gasteiger partial charge in [-0.2, -0.15) is 5.10 Å². The standard InChI is InChI=1S/C14H25N3/c1-3-11-17-13(9-10-16-17)14(15-2)12-7-5-4-6-8-12/h9-10,12,14-15H,3-8,11H2,1-2H3.